The lowest BCUT2D eigenvalue weighted by molar-refractivity contribution is 0.589. The van der Waals surface area contributed by atoms with Crippen molar-refractivity contribution in [3.05, 3.63) is 27.4 Å². The van der Waals surface area contributed by atoms with E-state index in [2.05, 4.69) is 25.4 Å². The summed E-state index contributed by atoms with van der Waals surface area (Å²) in [5, 5.41) is -0.0200. The topological polar surface area (TPSA) is 58.2 Å². The quantitative estimate of drug-likeness (QED) is 0.890. The third-order valence-corrected chi connectivity index (χ3v) is 3.64. The molecule has 16 heavy (non-hydrogen) atoms. The van der Waals surface area contributed by atoms with Crippen LogP contribution in [-0.2, 0) is 10.2 Å². The number of hydrogen-bond donors (Lipinski definition) is 2. The summed E-state index contributed by atoms with van der Waals surface area (Å²) < 4.78 is 40.3. The molecule has 0 radical (unpaired) electrons. The van der Waals surface area contributed by atoms with Gasteiger partial charge in [-0.3, -0.25) is 4.72 Å². The summed E-state index contributed by atoms with van der Waals surface area (Å²) in [6.45, 7) is 1.88. The fourth-order valence-corrected chi connectivity index (χ4v) is 3.03. The van der Waals surface area contributed by atoms with Gasteiger partial charge in [0, 0.05) is 11.0 Å². The van der Waals surface area contributed by atoms with E-state index in [-0.39, 0.29) is 21.7 Å². The lowest BCUT2D eigenvalue weighted by Gasteiger charge is -2.11. The Bertz CT molecular complexity index is 472. The molecular weight excluding hydrogens is 323 g/mol. The minimum atomic E-state index is -3.68. The number of anilines is 1. The third kappa shape index (κ3) is 3.58. The van der Waals surface area contributed by atoms with Crippen LogP contribution < -0.4 is 9.44 Å². The van der Waals surface area contributed by atoms with Crippen LogP contribution in [0.15, 0.2) is 16.6 Å². The number of benzene rings is 1. The summed E-state index contributed by atoms with van der Waals surface area (Å²) in [6.07, 6.45) is 0. The minimum Gasteiger partial charge on any atom is -0.268 e. The van der Waals surface area contributed by atoms with E-state index in [9.17, 15) is 12.8 Å². The third-order valence-electron chi connectivity index (χ3n) is 1.58. The summed E-state index contributed by atoms with van der Waals surface area (Å²) in [7, 11) is -3.68. The minimum absolute atomic E-state index is 0.0200. The number of rotatable bonds is 4. The van der Waals surface area contributed by atoms with Crippen LogP contribution in [0.3, 0.4) is 0 Å². The van der Waals surface area contributed by atoms with Crippen LogP contribution in [0.4, 0.5) is 10.1 Å². The SMILES string of the molecule is CCNS(=O)(=O)Nc1c(Cl)cc(F)cc1Br. The van der Waals surface area contributed by atoms with Gasteiger partial charge in [0.25, 0.3) is 10.2 Å². The maximum Gasteiger partial charge on any atom is 0.299 e. The van der Waals surface area contributed by atoms with E-state index in [1.807, 2.05) is 0 Å². The maximum absolute atomic E-state index is 12.9. The first-order valence-corrected chi connectivity index (χ1v) is 6.93. The van der Waals surface area contributed by atoms with E-state index < -0.39 is 16.0 Å². The van der Waals surface area contributed by atoms with Gasteiger partial charge in [0.1, 0.15) is 5.82 Å². The zero-order valence-corrected chi connectivity index (χ0v) is 11.4. The van der Waals surface area contributed by atoms with E-state index in [0.717, 1.165) is 12.1 Å². The van der Waals surface area contributed by atoms with Crippen molar-refractivity contribution in [1.82, 2.24) is 4.72 Å². The zero-order valence-electron chi connectivity index (χ0n) is 8.22. The summed E-state index contributed by atoms with van der Waals surface area (Å²) in [4.78, 5) is 0. The van der Waals surface area contributed by atoms with Gasteiger partial charge >= 0.3 is 0 Å². The Morgan fingerprint density at radius 3 is 2.62 bits per heavy atom. The normalized spacial score (nSPS) is 11.5. The van der Waals surface area contributed by atoms with Crippen molar-refractivity contribution in [2.24, 2.45) is 0 Å². The first-order valence-electron chi connectivity index (χ1n) is 4.27. The van der Waals surface area contributed by atoms with Crippen molar-refractivity contribution >= 4 is 43.4 Å². The highest BCUT2D eigenvalue weighted by Crippen LogP contribution is 2.32. The van der Waals surface area contributed by atoms with Gasteiger partial charge in [-0.05, 0) is 28.1 Å². The van der Waals surface area contributed by atoms with Crippen LogP contribution in [-0.4, -0.2) is 15.0 Å². The molecule has 0 heterocycles. The van der Waals surface area contributed by atoms with Crippen molar-refractivity contribution in [2.75, 3.05) is 11.3 Å². The largest absolute Gasteiger partial charge is 0.299 e. The average Bonchev–Trinajstić information content (AvgIpc) is 2.11. The summed E-state index contributed by atoms with van der Waals surface area (Å²) in [5.41, 5.74) is 0.101. The van der Waals surface area contributed by atoms with Gasteiger partial charge in [0.15, 0.2) is 0 Å². The molecule has 0 spiro atoms. The Kier molecular flexibility index (Phi) is 4.54. The van der Waals surface area contributed by atoms with Crippen LogP contribution in [0.25, 0.3) is 0 Å². The molecule has 8 heteroatoms. The van der Waals surface area contributed by atoms with Crippen molar-refractivity contribution < 1.29 is 12.8 Å². The second-order valence-electron chi connectivity index (χ2n) is 2.85. The number of hydrogen-bond acceptors (Lipinski definition) is 2. The monoisotopic (exact) mass is 330 g/mol. The van der Waals surface area contributed by atoms with Crippen LogP contribution in [0.2, 0.25) is 5.02 Å². The first-order chi connectivity index (χ1) is 7.35. The average molecular weight is 332 g/mol. The maximum atomic E-state index is 12.9. The van der Waals surface area contributed by atoms with Crippen molar-refractivity contribution in [2.45, 2.75) is 6.92 Å². The van der Waals surface area contributed by atoms with E-state index in [1.165, 1.54) is 0 Å². The molecule has 0 aromatic heterocycles. The molecular formula is C8H9BrClFN2O2S. The summed E-state index contributed by atoms with van der Waals surface area (Å²) in [5.74, 6) is -0.553. The molecule has 0 unspecified atom stereocenters. The van der Waals surface area contributed by atoms with Gasteiger partial charge in [-0.1, -0.05) is 18.5 Å². The van der Waals surface area contributed by atoms with Crippen LogP contribution in [0.5, 0.6) is 0 Å². The molecule has 0 aliphatic carbocycles. The number of nitrogens with one attached hydrogen (secondary N) is 2. The highest BCUT2D eigenvalue weighted by atomic mass is 79.9. The molecule has 0 amide bonds. The second-order valence-corrected chi connectivity index (χ2v) is 5.61. The second kappa shape index (κ2) is 5.31. The molecule has 0 saturated heterocycles. The molecule has 0 bridgehead atoms. The molecule has 0 atom stereocenters. The van der Waals surface area contributed by atoms with E-state index >= 15 is 0 Å². The van der Waals surface area contributed by atoms with Gasteiger partial charge in [-0.25, -0.2) is 4.39 Å². The van der Waals surface area contributed by atoms with Gasteiger partial charge < -0.3 is 0 Å². The van der Waals surface area contributed by atoms with Gasteiger partial charge in [-0.2, -0.15) is 13.1 Å². The Labute approximate surface area is 106 Å². The standard InChI is InChI=1S/C8H9BrClFN2O2S/c1-2-12-16(14,15)13-8-6(9)3-5(11)4-7(8)10/h3-4,12-13H,2H2,1H3. The number of halogens is 3. The molecule has 0 aliphatic rings. The highest BCUT2D eigenvalue weighted by molar-refractivity contribution is 9.10. The molecule has 1 aromatic rings. The van der Waals surface area contributed by atoms with E-state index in [1.54, 1.807) is 6.92 Å². The molecule has 1 rings (SSSR count). The van der Waals surface area contributed by atoms with Gasteiger partial charge in [-0.15, -0.1) is 0 Å². The molecule has 0 saturated carbocycles. The van der Waals surface area contributed by atoms with Crippen molar-refractivity contribution in [1.29, 1.82) is 0 Å². The highest BCUT2D eigenvalue weighted by Gasteiger charge is 2.14. The first kappa shape index (κ1) is 13.7. The van der Waals surface area contributed by atoms with Crippen LogP contribution >= 0.6 is 27.5 Å². The lowest BCUT2D eigenvalue weighted by atomic mass is 10.3. The van der Waals surface area contributed by atoms with Gasteiger partial charge in [0.05, 0.1) is 10.7 Å². The molecule has 2 N–H and O–H groups in total. The van der Waals surface area contributed by atoms with Crippen molar-refractivity contribution in [3.63, 3.8) is 0 Å². The van der Waals surface area contributed by atoms with Crippen LogP contribution in [0, 0.1) is 5.82 Å². The zero-order chi connectivity index (χ0) is 12.3. The molecule has 0 fully saturated rings. The Hall–Kier alpha value is -0.370. The van der Waals surface area contributed by atoms with E-state index in [4.69, 9.17) is 11.6 Å². The molecule has 4 nitrogen and oxygen atoms in total. The molecule has 90 valence electrons. The van der Waals surface area contributed by atoms with Crippen LogP contribution in [0.1, 0.15) is 6.92 Å². The Morgan fingerprint density at radius 1 is 1.50 bits per heavy atom. The fourth-order valence-electron chi connectivity index (χ4n) is 1.00. The lowest BCUT2D eigenvalue weighted by Crippen LogP contribution is -2.30. The summed E-state index contributed by atoms with van der Waals surface area (Å²) >= 11 is 8.74. The predicted molar refractivity (Wildman–Crippen MR) is 65.3 cm³/mol. The predicted octanol–water partition coefficient (Wildman–Crippen LogP) is 2.51. The van der Waals surface area contributed by atoms with Gasteiger partial charge in [0.2, 0.25) is 0 Å². The molecule has 1 aromatic carbocycles. The smallest absolute Gasteiger partial charge is 0.268 e. The Morgan fingerprint density at radius 2 is 2.12 bits per heavy atom. The Balaban J connectivity index is 3.07. The summed E-state index contributed by atoms with van der Waals surface area (Å²) in [6, 6.07) is 2.14. The van der Waals surface area contributed by atoms with Crippen molar-refractivity contribution in [3.8, 4) is 0 Å². The molecule has 0 aliphatic heterocycles. The fraction of sp³-hybridized carbons (Fsp3) is 0.250. The van der Waals surface area contributed by atoms with E-state index in [0.29, 0.717) is 0 Å².